The number of amides is 2. The molecule has 0 saturated carbocycles. The standard InChI is InChI=1S/C11H16N4O3S/c1-7-10(8(2)15(3)14-7)13-11(16)12-9-4-5-19(17,18)6-9/h4-5,9H,6H2,1-3H3,(H2,12,13,16)/t9-/m1/s1. The van der Waals surface area contributed by atoms with Crippen molar-refractivity contribution in [3.8, 4) is 0 Å². The molecule has 8 heteroatoms. The second-order valence-corrected chi connectivity index (χ2v) is 6.46. The zero-order valence-electron chi connectivity index (χ0n) is 11.0. The Morgan fingerprint density at radius 2 is 2.16 bits per heavy atom. The smallest absolute Gasteiger partial charge is 0.319 e. The van der Waals surface area contributed by atoms with Gasteiger partial charge in [-0.25, -0.2) is 13.2 Å². The molecule has 2 heterocycles. The minimum atomic E-state index is -3.17. The van der Waals surface area contributed by atoms with Crippen molar-refractivity contribution in [3.63, 3.8) is 0 Å². The van der Waals surface area contributed by atoms with Crippen LogP contribution in [0.4, 0.5) is 10.5 Å². The average molecular weight is 284 g/mol. The van der Waals surface area contributed by atoms with Crippen LogP contribution in [0.25, 0.3) is 0 Å². The predicted octanol–water partition coefficient (Wildman–Crippen LogP) is 0.469. The van der Waals surface area contributed by atoms with Gasteiger partial charge in [0.1, 0.15) is 0 Å². The number of aryl methyl sites for hydroxylation is 2. The largest absolute Gasteiger partial charge is 0.331 e. The van der Waals surface area contributed by atoms with E-state index in [4.69, 9.17) is 0 Å². The van der Waals surface area contributed by atoms with Gasteiger partial charge in [0.25, 0.3) is 0 Å². The Balaban J connectivity index is 2.01. The average Bonchev–Trinajstić information content (AvgIpc) is 2.74. The number of aromatic nitrogens is 2. The normalized spacial score (nSPS) is 20.5. The summed E-state index contributed by atoms with van der Waals surface area (Å²) in [7, 11) is -1.38. The van der Waals surface area contributed by atoms with Crippen LogP contribution in [0.1, 0.15) is 11.4 Å². The van der Waals surface area contributed by atoms with E-state index < -0.39 is 21.9 Å². The van der Waals surface area contributed by atoms with E-state index in [2.05, 4.69) is 15.7 Å². The highest BCUT2D eigenvalue weighted by atomic mass is 32.2. The summed E-state index contributed by atoms with van der Waals surface area (Å²) in [5.74, 6) is -0.0918. The molecule has 2 rings (SSSR count). The van der Waals surface area contributed by atoms with E-state index in [1.54, 1.807) is 18.7 Å². The number of nitrogens with zero attached hydrogens (tertiary/aromatic N) is 2. The SMILES string of the molecule is Cc1nn(C)c(C)c1NC(=O)N[C@@H]1C=CS(=O)(=O)C1. The van der Waals surface area contributed by atoms with Crippen LogP contribution in [0.2, 0.25) is 0 Å². The Hall–Kier alpha value is -1.83. The van der Waals surface area contributed by atoms with E-state index in [-0.39, 0.29) is 5.75 Å². The van der Waals surface area contributed by atoms with Gasteiger partial charge in [0.05, 0.1) is 28.9 Å². The van der Waals surface area contributed by atoms with Gasteiger partial charge in [0, 0.05) is 12.5 Å². The van der Waals surface area contributed by atoms with E-state index in [1.807, 2.05) is 6.92 Å². The minimum Gasteiger partial charge on any atom is -0.331 e. The maximum atomic E-state index is 11.8. The van der Waals surface area contributed by atoms with Crippen molar-refractivity contribution in [2.75, 3.05) is 11.1 Å². The molecule has 1 aromatic heterocycles. The number of carbonyl (C=O) groups excluding carboxylic acids is 1. The van der Waals surface area contributed by atoms with E-state index in [0.717, 1.165) is 11.1 Å². The van der Waals surface area contributed by atoms with Crippen molar-refractivity contribution in [2.45, 2.75) is 19.9 Å². The second-order valence-electron chi connectivity index (χ2n) is 4.53. The molecule has 1 atom stereocenters. The van der Waals surface area contributed by atoms with Crippen LogP contribution in [-0.4, -0.2) is 36.0 Å². The maximum absolute atomic E-state index is 11.8. The third kappa shape index (κ3) is 2.95. The quantitative estimate of drug-likeness (QED) is 0.825. The first-order valence-electron chi connectivity index (χ1n) is 5.77. The number of hydrogen-bond acceptors (Lipinski definition) is 4. The first kappa shape index (κ1) is 13.6. The van der Waals surface area contributed by atoms with Crippen molar-refractivity contribution in [1.82, 2.24) is 15.1 Å². The fourth-order valence-corrected chi connectivity index (χ4v) is 3.17. The maximum Gasteiger partial charge on any atom is 0.319 e. The van der Waals surface area contributed by atoms with Gasteiger partial charge >= 0.3 is 6.03 Å². The Bertz CT molecular complexity index is 645. The molecule has 0 spiro atoms. The van der Waals surface area contributed by atoms with Crippen LogP contribution in [0, 0.1) is 13.8 Å². The summed E-state index contributed by atoms with van der Waals surface area (Å²) >= 11 is 0. The number of urea groups is 1. The van der Waals surface area contributed by atoms with Crippen molar-refractivity contribution >= 4 is 21.6 Å². The second kappa shape index (κ2) is 4.69. The Labute approximate surface area is 111 Å². The third-order valence-corrected chi connectivity index (χ3v) is 4.39. The number of hydrogen-bond donors (Lipinski definition) is 2. The lowest BCUT2D eigenvalue weighted by Gasteiger charge is -2.11. The number of carbonyl (C=O) groups is 1. The highest BCUT2D eigenvalue weighted by Gasteiger charge is 2.23. The highest BCUT2D eigenvalue weighted by molar-refractivity contribution is 7.94. The van der Waals surface area contributed by atoms with Gasteiger partial charge in [-0.1, -0.05) is 0 Å². The zero-order chi connectivity index (χ0) is 14.2. The summed E-state index contributed by atoms with van der Waals surface area (Å²) in [6, 6.07) is -0.923. The topological polar surface area (TPSA) is 93.1 Å². The molecule has 19 heavy (non-hydrogen) atoms. The molecule has 0 bridgehead atoms. The predicted molar refractivity (Wildman–Crippen MR) is 71.6 cm³/mol. The molecule has 104 valence electrons. The van der Waals surface area contributed by atoms with Gasteiger partial charge in [-0.3, -0.25) is 4.68 Å². The van der Waals surface area contributed by atoms with Crippen molar-refractivity contribution in [2.24, 2.45) is 7.05 Å². The Morgan fingerprint density at radius 1 is 1.47 bits per heavy atom. The van der Waals surface area contributed by atoms with Crippen molar-refractivity contribution in [3.05, 3.63) is 22.9 Å². The lowest BCUT2D eigenvalue weighted by Crippen LogP contribution is -2.38. The first-order chi connectivity index (χ1) is 8.78. The van der Waals surface area contributed by atoms with Gasteiger partial charge in [0.15, 0.2) is 9.84 Å². The van der Waals surface area contributed by atoms with Crippen molar-refractivity contribution < 1.29 is 13.2 Å². The molecule has 0 aliphatic carbocycles. The number of anilines is 1. The number of rotatable bonds is 2. The molecular formula is C11H16N4O3S. The molecule has 0 unspecified atom stereocenters. The van der Waals surface area contributed by atoms with Crippen LogP contribution in [0.3, 0.4) is 0 Å². The summed E-state index contributed by atoms with van der Waals surface area (Å²) in [5, 5.41) is 10.6. The zero-order valence-corrected chi connectivity index (χ0v) is 11.8. The van der Waals surface area contributed by atoms with E-state index >= 15 is 0 Å². The van der Waals surface area contributed by atoms with Gasteiger partial charge < -0.3 is 10.6 Å². The summed E-state index contributed by atoms with van der Waals surface area (Å²) in [4.78, 5) is 11.8. The fourth-order valence-electron chi connectivity index (χ4n) is 1.94. The van der Waals surface area contributed by atoms with E-state index in [0.29, 0.717) is 11.4 Å². The molecule has 2 amide bonds. The summed E-state index contributed by atoms with van der Waals surface area (Å²) < 4.78 is 24.1. The van der Waals surface area contributed by atoms with Gasteiger partial charge in [0.2, 0.25) is 0 Å². The van der Waals surface area contributed by atoms with Crippen LogP contribution >= 0.6 is 0 Å². The van der Waals surface area contributed by atoms with Gasteiger partial charge in [-0.15, -0.1) is 0 Å². The number of nitrogens with one attached hydrogen (secondary N) is 2. The molecule has 2 N–H and O–H groups in total. The molecule has 1 aliphatic heterocycles. The van der Waals surface area contributed by atoms with Crippen LogP contribution < -0.4 is 10.6 Å². The van der Waals surface area contributed by atoms with Crippen LogP contribution in [0.15, 0.2) is 11.5 Å². The molecule has 7 nitrogen and oxygen atoms in total. The van der Waals surface area contributed by atoms with Gasteiger partial charge in [-0.2, -0.15) is 5.10 Å². The Kier molecular flexibility index (Phi) is 3.36. The molecule has 0 radical (unpaired) electrons. The molecule has 0 aromatic carbocycles. The molecule has 0 saturated heterocycles. The third-order valence-electron chi connectivity index (χ3n) is 2.99. The summed E-state index contributed by atoms with van der Waals surface area (Å²) in [6.07, 6.45) is 1.47. The lowest BCUT2D eigenvalue weighted by molar-refractivity contribution is 0.251. The number of sulfone groups is 1. The van der Waals surface area contributed by atoms with Crippen molar-refractivity contribution in [1.29, 1.82) is 0 Å². The minimum absolute atomic E-state index is 0.0918. The van der Waals surface area contributed by atoms with Crippen LogP contribution in [0.5, 0.6) is 0 Å². The van der Waals surface area contributed by atoms with Crippen LogP contribution in [-0.2, 0) is 16.9 Å². The fraction of sp³-hybridized carbons (Fsp3) is 0.455. The molecular weight excluding hydrogens is 268 g/mol. The molecule has 1 aliphatic rings. The molecule has 0 fully saturated rings. The lowest BCUT2D eigenvalue weighted by atomic mass is 10.3. The Morgan fingerprint density at radius 3 is 2.63 bits per heavy atom. The summed E-state index contributed by atoms with van der Waals surface area (Å²) in [5.41, 5.74) is 2.19. The monoisotopic (exact) mass is 284 g/mol. The van der Waals surface area contributed by atoms with Gasteiger partial charge in [-0.05, 0) is 19.9 Å². The highest BCUT2D eigenvalue weighted by Crippen LogP contribution is 2.18. The summed E-state index contributed by atoms with van der Waals surface area (Å²) in [6.45, 7) is 3.64. The first-order valence-corrected chi connectivity index (χ1v) is 7.49. The molecule has 1 aromatic rings. The van der Waals surface area contributed by atoms with E-state index in [1.165, 1.54) is 6.08 Å². The van der Waals surface area contributed by atoms with E-state index in [9.17, 15) is 13.2 Å².